The molecule has 2 aromatic rings. The van der Waals surface area contributed by atoms with E-state index in [0.29, 0.717) is 11.5 Å². The molecule has 2 rings (SSSR count). The van der Waals surface area contributed by atoms with Gasteiger partial charge in [0.1, 0.15) is 18.2 Å². The van der Waals surface area contributed by atoms with Crippen LogP contribution >= 0.6 is 0 Å². The number of nitrogens with one attached hydrogen (secondary N) is 1. The largest absolute Gasteiger partial charge is 0.489 e. The molecular formula is C18H22FNO. The van der Waals surface area contributed by atoms with E-state index < -0.39 is 0 Å². The number of rotatable bonds is 7. The summed E-state index contributed by atoms with van der Waals surface area (Å²) in [4.78, 5) is 0. The molecule has 3 heteroatoms. The Hall–Kier alpha value is -1.87. The number of hydrogen-bond donors (Lipinski definition) is 1. The third-order valence-electron chi connectivity index (χ3n) is 3.16. The quantitative estimate of drug-likeness (QED) is 0.826. The first-order chi connectivity index (χ1) is 10.1. The number of halogens is 1. The van der Waals surface area contributed by atoms with Gasteiger partial charge in [-0.3, -0.25) is 0 Å². The van der Waals surface area contributed by atoms with Crippen LogP contribution in [0, 0.1) is 11.7 Å². The Morgan fingerprint density at radius 3 is 2.43 bits per heavy atom. The predicted molar refractivity (Wildman–Crippen MR) is 83.7 cm³/mol. The summed E-state index contributed by atoms with van der Waals surface area (Å²) in [5.41, 5.74) is 1.79. The normalized spacial score (nSPS) is 10.9. The fourth-order valence-electron chi connectivity index (χ4n) is 1.99. The van der Waals surface area contributed by atoms with E-state index in [1.807, 2.05) is 30.3 Å². The average Bonchev–Trinajstić information content (AvgIpc) is 2.47. The van der Waals surface area contributed by atoms with Gasteiger partial charge in [0.25, 0.3) is 0 Å². The Balaban J connectivity index is 1.84. The van der Waals surface area contributed by atoms with Gasteiger partial charge in [-0.1, -0.05) is 44.2 Å². The fraction of sp³-hybridized carbons (Fsp3) is 0.333. The summed E-state index contributed by atoms with van der Waals surface area (Å²) in [6.45, 7) is 6.48. The molecule has 2 aromatic carbocycles. The molecular weight excluding hydrogens is 265 g/mol. The van der Waals surface area contributed by atoms with Crippen molar-refractivity contribution in [3.8, 4) is 5.75 Å². The minimum absolute atomic E-state index is 0.230. The molecule has 0 aliphatic rings. The molecule has 0 fully saturated rings. The number of hydrogen-bond acceptors (Lipinski definition) is 2. The van der Waals surface area contributed by atoms with Crippen molar-refractivity contribution < 1.29 is 9.13 Å². The highest BCUT2D eigenvalue weighted by Crippen LogP contribution is 2.15. The molecule has 0 saturated carbocycles. The lowest BCUT2D eigenvalue weighted by molar-refractivity contribution is 0.300. The van der Waals surface area contributed by atoms with E-state index in [9.17, 15) is 4.39 Å². The molecule has 0 spiro atoms. The van der Waals surface area contributed by atoms with E-state index in [0.717, 1.165) is 18.8 Å². The lowest BCUT2D eigenvalue weighted by atomic mass is 10.2. The molecule has 0 aliphatic carbocycles. The van der Waals surface area contributed by atoms with Crippen LogP contribution in [-0.4, -0.2) is 6.54 Å². The molecule has 112 valence electrons. The summed E-state index contributed by atoms with van der Waals surface area (Å²) in [6.07, 6.45) is 0. The Bertz CT molecular complexity index is 551. The third kappa shape index (κ3) is 5.20. The standard InChI is InChI=1S/C18H22FNO/c1-14(2)11-20-12-15-7-9-17(10-8-15)21-13-16-5-3-4-6-18(16)19/h3-10,14,20H,11-13H2,1-2H3. The molecule has 0 amide bonds. The molecule has 0 bridgehead atoms. The zero-order chi connectivity index (χ0) is 15.1. The Morgan fingerprint density at radius 1 is 1.05 bits per heavy atom. The van der Waals surface area contributed by atoms with Crippen LogP contribution < -0.4 is 10.1 Å². The van der Waals surface area contributed by atoms with Gasteiger partial charge in [0.05, 0.1) is 0 Å². The van der Waals surface area contributed by atoms with Gasteiger partial charge < -0.3 is 10.1 Å². The maximum atomic E-state index is 13.5. The van der Waals surface area contributed by atoms with Gasteiger partial charge in [-0.15, -0.1) is 0 Å². The smallest absolute Gasteiger partial charge is 0.129 e. The van der Waals surface area contributed by atoms with E-state index in [1.54, 1.807) is 12.1 Å². The summed E-state index contributed by atoms with van der Waals surface area (Å²) in [6, 6.07) is 14.6. The lowest BCUT2D eigenvalue weighted by Gasteiger charge is -2.09. The van der Waals surface area contributed by atoms with Crippen LogP contribution in [0.3, 0.4) is 0 Å². The van der Waals surface area contributed by atoms with Crippen LogP contribution in [0.4, 0.5) is 4.39 Å². The zero-order valence-corrected chi connectivity index (χ0v) is 12.6. The minimum Gasteiger partial charge on any atom is -0.489 e. The van der Waals surface area contributed by atoms with E-state index in [2.05, 4.69) is 19.2 Å². The van der Waals surface area contributed by atoms with E-state index >= 15 is 0 Å². The molecule has 0 heterocycles. The first-order valence-electron chi connectivity index (χ1n) is 7.31. The van der Waals surface area contributed by atoms with Gasteiger partial charge in [-0.25, -0.2) is 4.39 Å². The Labute approximate surface area is 126 Å². The second kappa shape index (κ2) is 7.79. The van der Waals surface area contributed by atoms with Crippen LogP contribution in [0.15, 0.2) is 48.5 Å². The third-order valence-corrected chi connectivity index (χ3v) is 3.16. The van der Waals surface area contributed by atoms with Crippen molar-refractivity contribution in [3.63, 3.8) is 0 Å². The average molecular weight is 287 g/mol. The van der Waals surface area contributed by atoms with Crippen LogP contribution in [0.1, 0.15) is 25.0 Å². The van der Waals surface area contributed by atoms with Crippen LogP contribution in [-0.2, 0) is 13.2 Å². The van der Waals surface area contributed by atoms with Crippen molar-refractivity contribution in [2.45, 2.75) is 27.0 Å². The predicted octanol–water partition coefficient (Wildman–Crippen LogP) is 4.15. The van der Waals surface area contributed by atoms with Crippen molar-refractivity contribution in [2.75, 3.05) is 6.54 Å². The highest BCUT2D eigenvalue weighted by molar-refractivity contribution is 5.28. The molecule has 0 aliphatic heterocycles. The van der Waals surface area contributed by atoms with Gasteiger partial charge in [0.2, 0.25) is 0 Å². The van der Waals surface area contributed by atoms with Crippen molar-refractivity contribution in [2.24, 2.45) is 5.92 Å². The van der Waals surface area contributed by atoms with Gasteiger partial charge in [0.15, 0.2) is 0 Å². The van der Waals surface area contributed by atoms with Crippen molar-refractivity contribution >= 4 is 0 Å². The second-order valence-corrected chi connectivity index (χ2v) is 5.55. The Kier molecular flexibility index (Phi) is 5.76. The lowest BCUT2D eigenvalue weighted by Crippen LogP contribution is -2.18. The number of benzene rings is 2. The fourth-order valence-corrected chi connectivity index (χ4v) is 1.99. The summed E-state index contributed by atoms with van der Waals surface area (Å²) < 4.78 is 19.1. The topological polar surface area (TPSA) is 21.3 Å². The summed E-state index contributed by atoms with van der Waals surface area (Å²) in [5, 5.41) is 3.40. The summed E-state index contributed by atoms with van der Waals surface area (Å²) in [7, 11) is 0. The van der Waals surface area contributed by atoms with Crippen molar-refractivity contribution in [3.05, 3.63) is 65.5 Å². The second-order valence-electron chi connectivity index (χ2n) is 5.55. The highest BCUT2D eigenvalue weighted by Gasteiger charge is 2.02. The zero-order valence-electron chi connectivity index (χ0n) is 12.6. The molecule has 0 unspecified atom stereocenters. The number of ether oxygens (including phenoxy) is 1. The molecule has 2 nitrogen and oxygen atoms in total. The van der Waals surface area contributed by atoms with Crippen LogP contribution in [0.5, 0.6) is 5.75 Å². The molecule has 0 atom stereocenters. The summed E-state index contributed by atoms with van der Waals surface area (Å²) >= 11 is 0. The van der Waals surface area contributed by atoms with Gasteiger partial charge in [0, 0.05) is 12.1 Å². The maximum absolute atomic E-state index is 13.5. The Morgan fingerprint density at radius 2 is 1.76 bits per heavy atom. The van der Waals surface area contributed by atoms with Gasteiger partial charge in [-0.05, 0) is 36.2 Å². The maximum Gasteiger partial charge on any atom is 0.129 e. The molecule has 1 N–H and O–H groups in total. The first-order valence-corrected chi connectivity index (χ1v) is 7.31. The SMILES string of the molecule is CC(C)CNCc1ccc(OCc2ccccc2F)cc1. The van der Waals surface area contributed by atoms with Crippen LogP contribution in [0.2, 0.25) is 0 Å². The van der Waals surface area contributed by atoms with E-state index in [4.69, 9.17) is 4.74 Å². The molecule has 21 heavy (non-hydrogen) atoms. The van der Waals surface area contributed by atoms with Crippen LogP contribution in [0.25, 0.3) is 0 Å². The minimum atomic E-state index is -0.230. The molecule has 0 saturated heterocycles. The van der Waals surface area contributed by atoms with E-state index in [-0.39, 0.29) is 12.4 Å². The molecule has 0 radical (unpaired) electrons. The van der Waals surface area contributed by atoms with Crippen molar-refractivity contribution in [1.29, 1.82) is 0 Å². The molecule has 0 aromatic heterocycles. The van der Waals surface area contributed by atoms with E-state index in [1.165, 1.54) is 11.6 Å². The van der Waals surface area contributed by atoms with Gasteiger partial charge >= 0.3 is 0 Å². The monoisotopic (exact) mass is 287 g/mol. The van der Waals surface area contributed by atoms with Crippen molar-refractivity contribution in [1.82, 2.24) is 5.32 Å². The summed E-state index contributed by atoms with van der Waals surface area (Å²) in [5.74, 6) is 1.17. The van der Waals surface area contributed by atoms with Gasteiger partial charge in [-0.2, -0.15) is 0 Å². The highest BCUT2D eigenvalue weighted by atomic mass is 19.1. The first kappa shape index (κ1) is 15.5.